The van der Waals surface area contributed by atoms with Crippen molar-refractivity contribution < 1.29 is 23.0 Å². The average molecular weight is 459 g/mol. The molecule has 0 aliphatic carbocycles. The largest absolute Gasteiger partial charge is 0.491 e. The van der Waals surface area contributed by atoms with Crippen molar-refractivity contribution >= 4 is 5.91 Å². The summed E-state index contributed by atoms with van der Waals surface area (Å²) in [4.78, 5) is 17.7. The first-order valence-corrected chi connectivity index (χ1v) is 11.8. The summed E-state index contributed by atoms with van der Waals surface area (Å²) in [5.41, 5.74) is 1.30. The Kier molecular flexibility index (Phi) is 7.93. The molecule has 2 aliphatic rings. The van der Waals surface area contributed by atoms with Crippen LogP contribution in [0, 0.1) is 11.6 Å². The lowest BCUT2D eigenvalue weighted by molar-refractivity contribution is -0.0155. The summed E-state index contributed by atoms with van der Waals surface area (Å²) in [5, 5.41) is 0. The van der Waals surface area contributed by atoms with Crippen LogP contribution >= 0.6 is 0 Å². The fourth-order valence-electron chi connectivity index (χ4n) is 4.95. The Labute approximate surface area is 194 Å². The topological polar surface area (TPSA) is 42.0 Å². The molecule has 0 radical (unpaired) electrons. The lowest BCUT2D eigenvalue weighted by Crippen LogP contribution is -2.51. The van der Waals surface area contributed by atoms with E-state index >= 15 is 0 Å². The Morgan fingerprint density at radius 1 is 1.00 bits per heavy atom. The molecule has 0 aromatic heterocycles. The van der Waals surface area contributed by atoms with Crippen LogP contribution in [0.3, 0.4) is 0 Å². The van der Waals surface area contributed by atoms with Gasteiger partial charge < -0.3 is 14.4 Å². The zero-order valence-electron chi connectivity index (χ0n) is 19.1. The number of para-hydroxylation sites is 1. The third-order valence-corrected chi connectivity index (χ3v) is 6.68. The Hall–Kier alpha value is -2.51. The zero-order valence-corrected chi connectivity index (χ0v) is 19.1. The predicted octanol–water partition coefficient (Wildman–Crippen LogP) is 4.65. The maximum Gasteiger partial charge on any atom is 0.257 e. The van der Waals surface area contributed by atoms with Crippen molar-refractivity contribution in [2.45, 2.75) is 50.8 Å². The highest BCUT2D eigenvalue weighted by Gasteiger charge is 2.35. The van der Waals surface area contributed by atoms with Crippen molar-refractivity contribution in [1.29, 1.82) is 0 Å². The van der Waals surface area contributed by atoms with Crippen LogP contribution in [0.2, 0.25) is 0 Å². The third-order valence-electron chi connectivity index (χ3n) is 6.68. The number of methoxy groups -OCH3 is 1. The molecule has 2 aliphatic heterocycles. The Morgan fingerprint density at radius 2 is 1.85 bits per heavy atom. The first-order valence-electron chi connectivity index (χ1n) is 11.8. The fourth-order valence-corrected chi connectivity index (χ4v) is 4.95. The van der Waals surface area contributed by atoms with E-state index in [0.29, 0.717) is 31.0 Å². The van der Waals surface area contributed by atoms with Gasteiger partial charge in [0.05, 0.1) is 17.7 Å². The van der Waals surface area contributed by atoms with E-state index < -0.39 is 11.6 Å². The first-order chi connectivity index (χ1) is 16.1. The minimum atomic E-state index is -0.835. The molecule has 1 amide bonds. The molecule has 2 aromatic rings. The molecular formula is C26H32F2N2O3. The van der Waals surface area contributed by atoms with E-state index in [9.17, 15) is 13.6 Å². The van der Waals surface area contributed by atoms with Gasteiger partial charge in [0, 0.05) is 26.7 Å². The van der Waals surface area contributed by atoms with Gasteiger partial charge in [0.15, 0.2) is 11.6 Å². The molecule has 2 atom stereocenters. The van der Waals surface area contributed by atoms with Gasteiger partial charge >= 0.3 is 0 Å². The van der Waals surface area contributed by atoms with E-state index in [-0.39, 0.29) is 18.1 Å². The Bertz CT molecular complexity index is 955. The third kappa shape index (κ3) is 5.71. The molecule has 2 heterocycles. The number of hydrogen-bond donors (Lipinski definition) is 0. The second-order valence-electron chi connectivity index (χ2n) is 8.85. The van der Waals surface area contributed by atoms with Gasteiger partial charge in [0.25, 0.3) is 5.91 Å². The van der Waals surface area contributed by atoms with Gasteiger partial charge in [0.2, 0.25) is 0 Å². The van der Waals surface area contributed by atoms with Crippen LogP contribution in [-0.4, -0.2) is 61.2 Å². The van der Waals surface area contributed by atoms with Gasteiger partial charge in [-0.2, -0.15) is 0 Å². The van der Waals surface area contributed by atoms with Crippen LogP contribution in [0.15, 0.2) is 42.5 Å². The van der Waals surface area contributed by atoms with Crippen molar-refractivity contribution in [3.63, 3.8) is 0 Å². The van der Waals surface area contributed by atoms with Crippen LogP contribution in [0.4, 0.5) is 8.78 Å². The number of rotatable bonds is 3. The van der Waals surface area contributed by atoms with E-state index in [1.165, 1.54) is 12.1 Å². The number of nitrogens with zero attached hydrogens (tertiary/aromatic N) is 2. The van der Waals surface area contributed by atoms with Gasteiger partial charge in [-0.3, -0.25) is 9.69 Å². The van der Waals surface area contributed by atoms with Crippen LogP contribution < -0.4 is 4.74 Å². The molecule has 0 unspecified atom stereocenters. The van der Waals surface area contributed by atoms with Crippen LogP contribution in [0.25, 0.3) is 0 Å². The Morgan fingerprint density at radius 3 is 2.67 bits per heavy atom. The molecule has 0 spiro atoms. The second-order valence-corrected chi connectivity index (χ2v) is 8.85. The molecule has 7 heteroatoms. The van der Waals surface area contributed by atoms with E-state index in [1.54, 1.807) is 13.2 Å². The molecule has 4 rings (SSSR count). The second kappa shape index (κ2) is 11.1. The van der Waals surface area contributed by atoms with Crippen molar-refractivity contribution in [1.82, 2.24) is 9.80 Å². The highest BCUT2D eigenvalue weighted by molar-refractivity contribution is 5.97. The summed E-state index contributed by atoms with van der Waals surface area (Å²) in [7, 11) is 1.72. The van der Waals surface area contributed by atoms with Gasteiger partial charge in [-0.05, 0) is 62.1 Å². The monoisotopic (exact) mass is 458 g/mol. The predicted molar refractivity (Wildman–Crippen MR) is 122 cm³/mol. The summed E-state index contributed by atoms with van der Waals surface area (Å²) in [5.74, 6) is -1.09. The summed E-state index contributed by atoms with van der Waals surface area (Å²) in [6.07, 6.45) is 4.65. The number of hydrogen-bond acceptors (Lipinski definition) is 4. The number of carbonyl (C=O) groups is 1. The van der Waals surface area contributed by atoms with Crippen LogP contribution in [0.5, 0.6) is 5.75 Å². The van der Waals surface area contributed by atoms with Crippen molar-refractivity contribution in [2.75, 3.05) is 33.4 Å². The highest BCUT2D eigenvalue weighted by atomic mass is 19.2. The summed E-state index contributed by atoms with van der Waals surface area (Å²) < 4.78 is 38.9. The molecule has 33 heavy (non-hydrogen) atoms. The highest BCUT2D eigenvalue weighted by Crippen LogP contribution is 2.29. The zero-order chi connectivity index (χ0) is 23.2. The molecule has 2 aromatic carbocycles. The number of amides is 1. The van der Waals surface area contributed by atoms with E-state index in [2.05, 4.69) is 4.90 Å². The number of carbonyl (C=O) groups excluding carboxylic acids is 1. The number of halogens is 2. The quantitative estimate of drug-likeness (QED) is 0.672. The normalized spacial score (nSPS) is 22.9. The summed E-state index contributed by atoms with van der Waals surface area (Å²) in [6, 6.07) is 11.5. The van der Waals surface area contributed by atoms with Gasteiger partial charge in [-0.1, -0.05) is 24.6 Å². The minimum absolute atomic E-state index is 0.00441. The lowest BCUT2D eigenvalue weighted by Gasteiger charge is -2.41. The molecular weight excluding hydrogens is 426 g/mol. The first kappa shape index (κ1) is 23.6. The van der Waals surface area contributed by atoms with E-state index in [4.69, 9.17) is 9.47 Å². The van der Waals surface area contributed by atoms with E-state index in [1.807, 2.05) is 29.2 Å². The molecule has 0 N–H and O–H groups in total. The molecule has 0 bridgehead atoms. The van der Waals surface area contributed by atoms with Crippen LogP contribution in [0.1, 0.15) is 48.0 Å². The summed E-state index contributed by atoms with van der Waals surface area (Å²) >= 11 is 0. The average Bonchev–Trinajstić information content (AvgIpc) is 2.84. The molecule has 1 saturated heterocycles. The summed E-state index contributed by atoms with van der Waals surface area (Å²) in [6.45, 7) is 3.06. The standard InChI is InChI=1S/C26H32F2N2O3/c1-32-25-10-6-14-30-23(25)8-4-5-13-29(18-19-11-12-21(27)22(28)17-19)15-16-33-24-9-3-2-7-20(24)26(30)31/h2-3,7,9,11-12,17,23,25H,4-6,8,10,13-16,18H2,1H3/t23-,25-/m1/s1. The van der Waals surface area contributed by atoms with E-state index in [0.717, 1.165) is 50.8 Å². The Balaban J connectivity index is 1.55. The number of fused-ring (bicyclic) bond motifs is 2. The van der Waals surface area contributed by atoms with Gasteiger partial charge in [0.1, 0.15) is 12.4 Å². The number of ether oxygens (including phenoxy) is 2. The van der Waals surface area contributed by atoms with Gasteiger partial charge in [-0.25, -0.2) is 8.78 Å². The maximum absolute atomic E-state index is 13.7. The molecule has 178 valence electrons. The SMILES string of the molecule is CO[C@@H]1CCCN2C(=O)c3ccccc3OCCN(Cc3ccc(F)c(F)c3)CCCC[C@H]12. The smallest absolute Gasteiger partial charge is 0.257 e. The fraction of sp³-hybridized carbons (Fsp3) is 0.500. The van der Waals surface area contributed by atoms with Crippen molar-refractivity contribution in [2.24, 2.45) is 0 Å². The molecule has 5 nitrogen and oxygen atoms in total. The van der Waals surface area contributed by atoms with Crippen LogP contribution in [-0.2, 0) is 11.3 Å². The number of benzene rings is 2. The number of piperidine rings is 1. The molecule has 0 saturated carbocycles. The van der Waals surface area contributed by atoms with Gasteiger partial charge in [-0.15, -0.1) is 0 Å². The molecule has 1 fully saturated rings. The minimum Gasteiger partial charge on any atom is -0.491 e. The maximum atomic E-state index is 13.7. The lowest BCUT2D eigenvalue weighted by atomic mass is 9.93. The van der Waals surface area contributed by atoms with Crippen molar-refractivity contribution in [3.8, 4) is 5.75 Å². The van der Waals surface area contributed by atoms with Crippen molar-refractivity contribution in [3.05, 3.63) is 65.2 Å².